The summed E-state index contributed by atoms with van der Waals surface area (Å²) in [6.45, 7) is 2.11. The number of aromatic hydroxyl groups is 1. The molecule has 0 radical (unpaired) electrons. The number of amides is 1. The van der Waals surface area contributed by atoms with Crippen LogP contribution < -0.4 is 11.1 Å². The predicted molar refractivity (Wildman–Crippen MR) is 109 cm³/mol. The number of carbonyl (C=O) groups excluding carboxylic acids is 1. The number of aromatic amines is 1. The molecular formula is C20H17Cl2N3O4. The molecule has 1 aliphatic rings. The highest BCUT2D eigenvalue weighted by atomic mass is 35.5. The summed E-state index contributed by atoms with van der Waals surface area (Å²) in [5.74, 6) is -1.08. The molecule has 9 heteroatoms. The van der Waals surface area contributed by atoms with Crippen LogP contribution in [0.3, 0.4) is 0 Å². The van der Waals surface area contributed by atoms with Crippen molar-refractivity contribution in [1.82, 2.24) is 10.1 Å². The van der Waals surface area contributed by atoms with Gasteiger partial charge in [0.05, 0.1) is 0 Å². The minimum absolute atomic E-state index is 0.250. The number of anilines is 1. The standard InChI is InChI=1S/C20H17Cl2N3O4/c1-9-2-4-12-10(3-5-16(26)17(9)12)6-13-14(21)7-11(8-15(13)22)23-19(27)18-24-20(28)29-25-18/h3,5,7-9,26H,2,4,6H2,1H3,(H,23,27)(H,24,25,28). The number of benzene rings is 2. The van der Waals surface area contributed by atoms with Crippen LogP contribution in [0.5, 0.6) is 5.75 Å². The normalized spacial score (nSPS) is 15.3. The fourth-order valence-electron chi connectivity index (χ4n) is 3.77. The van der Waals surface area contributed by atoms with Crippen molar-refractivity contribution in [3.8, 4) is 5.75 Å². The van der Waals surface area contributed by atoms with E-state index in [0.29, 0.717) is 33.8 Å². The Hall–Kier alpha value is -2.77. The second-order valence-corrected chi connectivity index (χ2v) is 7.88. The van der Waals surface area contributed by atoms with Crippen LogP contribution in [0.15, 0.2) is 33.6 Å². The summed E-state index contributed by atoms with van der Waals surface area (Å²) in [5, 5.41) is 16.9. The van der Waals surface area contributed by atoms with Crippen molar-refractivity contribution in [3.63, 3.8) is 0 Å². The fraction of sp³-hybridized carbons (Fsp3) is 0.250. The summed E-state index contributed by atoms with van der Waals surface area (Å²) >= 11 is 12.9. The molecule has 1 atom stereocenters. The first kappa shape index (κ1) is 19.5. The van der Waals surface area contributed by atoms with Crippen molar-refractivity contribution in [2.45, 2.75) is 32.1 Å². The van der Waals surface area contributed by atoms with E-state index in [-0.39, 0.29) is 5.82 Å². The highest BCUT2D eigenvalue weighted by molar-refractivity contribution is 6.36. The third-order valence-electron chi connectivity index (χ3n) is 5.17. The molecular weight excluding hydrogens is 417 g/mol. The quantitative estimate of drug-likeness (QED) is 0.569. The molecule has 4 rings (SSSR count). The molecule has 0 bridgehead atoms. The number of rotatable bonds is 4. The first-order valence-corrected chi connectivity index (χ1v) is 9.78. The molecule has 0 saturated heterocycles. The smallest absolute Gasteiger partial charge is 0.439 e. The number of halogens is 2. The van der Waals surface area contributed by atoms with Crippen LogP contribution in [0.1, 0.15) is 52.1 Å². The summed E-state index contributed by atoms with van der Waals surface area (Å²) < 4.78 is 4.32. The van der Waals surface area contributed by atoms with Gasteiger partial charge >= 0.3 is 5.76 Å². The average Bonchev–Trinajstić information content (AvgIpc) is 3.27. The lowest BCUT2D eigenvalue weighted by atomic mass is 9.94. The second kappa shape index (κ2) is 7.57. The van der Waals surface area contributed by atoms with E-state index in [1.165, 1.54) is 0 Å². The Morgan fingerprint density at radius 1 is 1.34 bits per heavy atom. The number of phenols is 1. The Labute approximate surface area is 175 Å². The van der Waals surface area contributed by atoms with Gasteiger partial charge in [0, 0.05) is 27.7 Å². The van der Waals surface area contributed by atoms with Crippen molar-refractivity contribution in [1.29, 1.82) is 0 Å². The van der Waals surface area contributed by atoms with Crippen LogP contribution in [0.25, 0.3) is 0 Å². The first-order valence-electron chi connectivity index (χ1n) is 9.02. The number of aromatic nitrogens is 2. The second-order valence-electron chi connectivity index (χ2n) is 7.07. The van der Waals surface area contributed by atoms with Crippen molar-refractivity contribution in [3.05, 3.63) is 72.9 Å². The minimum Gasteiger partial charge on any atom is -0.508 e. The third-order valence-corrected chi connectivity index (χ3v) is 5.85. The number of hydrogen-bond acceptors (Lipinski definition) is 5. The lowest BCUT2D eigenvalue weighted by Crippen LogP contribution is -2.15. The van der Waals surface area contributed by atoms with E-state index in [9.17, 15) is 14.7 Å². The van der Waals surface area contributed by atoms with Gasteiger partial charge in [-0.15, -0.1) is 0 Å². The SMILES string of the molecule is CC1CCc2c(Cc3c(Cl)cc(NC(=O)c4noc(=O)[nH]4)cc3Cl)ccc(O)c21. The van der Waals surface area contributed by atoms with Crippen LogP contribution >= 0.6 is 23.2 Å². The zero-order chi connectivity index (χ0) is 20.7. The van der Waals surface area contributed by atoms with Gasteiger partial charge in [0.15, 0.2) is 0 Å². The van der Waals surface area contributed by atoms with Gasteiger partial charge in [-0.25, -0.2) is 4.79 Å². The molecule has 7 nitrogen and oxygen atoms in total. The Bertz CT molecular complexity index is 1150. The Balaban J connectivity index is 1.60. The van der Waals surface area contributed by atoms with Crippen molar-refractivity contribution in [2.24, 2.45) is 0 Å². The summed E-state index contributed by atoms with van der Waals surface area (Å²) in [7, 11) is 0. The Kier molecular flexibility index (Phi) is 5.10. The number of fused-ring (bicyclic) bond motifs is 1. The highest BCUT2D eigenvalue weighted by Gasteiger charge is 2.25. The number of phenolic OH excluding ortho intramolecular Hbond substituents is 1. The molecule has 29 heavy (non-hydrogen) atoms. The molecule has 150 valence electrons. The molecule has 2 aromatic carbocycles. The monoisotopic (exact) mass is 433 g/mol. The number of nitrogens with zero attached hydrogens (tertiary/aromatic N) is 1. The van der Waals surface area contributed by atoms with E-state index >= 15 is 0 Å². The number of carbonyl (C=O) groups is 1. The van der Waals surface area contributed by atoms with Crippen LogP contribution in [-0.2, 0) is 12.8 Å². The molecule has 0 saturated carbocycles. The van der Waals surface area contributed by atoms with Crippen molar-refractivity contribution >= 4 is 34.8 Å². The summed E-state index contributed by atoms with van der Waals surface area (Å²) in [6.07, 6.45) is 2.41. The maximum atomic E-state index is 12.1. The predicted octanol–water partition coefficient (Wildman–Crippen LogP) is 4.27. The molecule has 1 unspecified atom stereocenters. The van der Waals surface area contributed by atoms with Gasteiger partial charge in [-0.2, -0.15) is 0 Å². The molecule has 1 heterocycles. The summed E-state index contributed by atoms with van der Waals surface area (Å²) in [4.78, 5) is 25.2. The van der Waals surface area contributed by atoms with Gasteiger partial charge in [-0.3, -0.25) is 14.3 Å². The van der Waals surface area contributed by atoms with Gasteiger partial charge in [-0.05, 0) is 58.8 Å². The zero-order valence-corrected chi connectivity index (χ0v) is 16.9. The van der Waals surface area contributed by atoms with Gasteiger partial charge in [-0.1, -0.05) is 36.2 Å². The largest absolute Gasteiger partial charge is 0.508 e. The maximum absolute atomic E-state index is 12.1. The lowest BCUT2D eigenvalue weighted by Gasteiger charge is -2.15. The summed E-state index contributed by atoms with van der Waals surface area (Å²) in [6, 6.07) is 6.78. The fourth-order valence-corrected chi connectivity index (χ4v) is 4.39. The van der Waals surface area contributed by atoms with Crippen LogP contribution in [0.2, 0.25) is 10.0 Å². The average molecular weight is 434 g/mol. The third kappa shape index (κ3) is 3.75. The Morgan fingerprint density at radius 3 is 2.72 bits per heavy atom. The van der Waals surface area contributed by atoms with E-state index in [0.717, 1.165) is 35.1 Å². The van der Waals surface area contributed by atoms with E-state index in [4.69, 9.17) is 23.2 Å². The zero-order valence-electron chi connectivity index (χ0n) is 15.4. The molecule has 3 aromatic rings. The van der Waals surface area contributed by atoms with E-state index < -0.39 is 11.7 Å². The van der Waals surface area contributed by atoms with Crippen molar-refractivity contribution < 1.29 is 14.4 Å². The van der Waals surface area contributed by atoms with Crippen molar-refractivity contribution in [2.75, 3.05) is 5.32 Å². The lowest BCUT2D eigenvalue weighted by molar-refractivity contribution is 0.101. The number of hydrogen-bond donors (Lipinski definition) is 3. The van der Waals surface area contributed by atoms with Gasteiger partial charge in [0.2, 0.25) is 5.82 Å². The highest BCUT2D eigenvalue weighted by Crippen LogP contribution is 2.42. The first-order chi connectivity index (χ1) is 13.8. The van der Waals surface area contributed by atoms with E-state index in [2.05, 4.69) is 26.9 Å². The van der Waals surface area contributed by atoms with Crippen LogP contribution in [-0.4, -0.2) is 21.2 Å². The maximum Gasteiger partial charge on any atom is 0.439 e. The molecule has 0 aliphatic heterocycles. The van der Waals surface area contributed by atoms with E-state index in [1.54, 1.807) is 18.2 Å². The minimum atomic E-state index is -0.822. The topological polar surface area (TPSA) is 108 Å². The number of nitrogens with one attached hydrogen (secondary N) is 2. The molecule has 1 aliphatic carbocycles. The summed E-state index contributed by atoms with van der Waals surface area (Å²) in [5.41, 5.74) is 4.32. The number of H-pyrrole nitrogens is 1. The van der Waals surface area contributed by atoms with Gasteiger partial charge in [0.25, 0.3) is 5.91 Å². The molecule has 0 fully saturated rings. The molecule has 3 N–H and O–H groups in total. The van der Waals surface area contributed by atoms with Crippen LogP contribution in [0.4, 0.5) is 5.69 Å². The molecule has 0 spiro atoms. The Morgan fingerprint density at radius 2 is 2.07 bits per heavy atom. The molecule has 1 aromatic heterocycles. The van der Waals surface area contributed by atoms with Crippen LogP contribution in [0, 0.1) is 0 Å². The molecule has 1 amide bonds. The van der Waals surface area contributed by atoms with Gasteiger partial charge < -0.3 is 10.4 Å². The van der Waals surface area contributed by atoms with E-state index in [1.807, 2.05) is 6.07 Å². The van der Waals surface area contributed by atoms with Gasteiger partial charge in [0.1, 0.15) is 5.75 Å².